The van der Waals surface area contributed by atoms with Crippen molar-refractivity contribution in [3.05, 3.63) is 35.4 Å². The van der Waals surface area contributed by atoms with Crippen molar-refractivity contribution in [2.45, 2.75) is 38.4 Å². The first-order chi connectivity index (χ1) is 9.34. The highest BCUT2D eigenvalue weighted by Gasteiger charge is 2.30. The summed E-state index contributed by atoms with van der Waals surface area (Å²) in [4.78, 5) is 11.6. The molecule has 20 heavy (non-hydrogen) atoms. The molecule has 0 aliphatic rings. The van der Waals surface area contributed by atoms with Gasteiger partial charge in [-0.1, -0.05) is 12.1 Å². The zero-order chi connectivity index (χ0) is 15.2. The molecule has 1 rings (SSSR count). The molecule has 0 radical (unpaired) electrons. The van der Waals surface area contributed by atoms with E-state index in [0.717, 1.165) is 18.6 Å². The van der Waals surface area contributed by atoms with Crippen molar-refractivity contribution in [3.63, 3.8) is 0 Å². The van der Waals surface area contributed by atoms with Crippen LogP contribution in [-0.2, 0) is 11.0 Å². The fourth-order valence-electron chi connectivity index (χ4n) is 1.74. The minimum absolute atomic E-state index is 0.123. The molecule has 0 bridgehead atoms. The number of carbonyl (C=O) groups excluding carboxylic acids is 1. The SMILES string of the molecule is CC(NC(=O)CCCCCl)c1ccc(C(F)(F)F)cc1. The molecule has 0 heterocycles. The van der Waals surface area contributed by atoms with Crippen molar-refractivity contribution >= 4 is 17.5 Å². The van der Waals surface area contributed by atoms with Gasteiger partial charge in [-0.3, -0.25) is 4.79 Å². The van der Waals surface area contributed by atoms with Gasteiger partial charge in [0.05, 0.1) is 11.6 Å². The molecule has 1 aromatic carbocycles. The van der Waals surface area contributed by atoms with Crippen molar-refractivity contribution in [2.24, 2.45) is 0 Å². The Morgan fingerprint density at radius 3 is 2.35 bits per heavy atom. The number of halogens is 4. The summed E-state index contributed by atoms with van der Waals surface area (Å²) in [5.41, 5.74) is -0.0504. The molecule has 112 valence electrons. The van der Waals surface area contributed by atoms with E-state index in [9.17, 15) is 18.0 Å². The van der Waals surface area contributed by atoms with Gasteiger partial charge in [-0.2, -0.15) is 13.2 Å². The second-order valence-electron chi connectivity index (χ2n) is 4.56. The second-order valence-corrected chi connectivity index (χ2v) is 4.93. The summed E-state index contributed by atoms with van der Waals surface area (Å²) in [6.07, 6.45) is -2.50. The smallest absolute Gasteiger partial charge is 0.350 e. The lowest BCUT2D eigenvalue weighted by Gasteiger charge is -2.15. The van der Waals surface area contributed by atoms with Crippen LogP contribution in [0.3, 0.4) is 0 Å². The quantitative estimate of drug-likeness (QED) is 0.616. The molecular weight excluding hydrogens is 291 g/mol. The molecule has 0 fully saturated rings. The Morgan fingerprint density at radius 2 is 1.85 bits per heavy atom. The summed E-state index contributed by atoms with van der Waals surface area (Å²) >= 11 is 5.51. The third kappa shape index (κ3) is 5.41. The van der Waals surface area contributed by atoms with E-state index in [1.54, 1.807) is 6.92 Å². The Labute approximate surface area is 121 Å². The van der Waals surface area contributed by atoms with Crippen molar-refractivity contribution in [2.75, 3.05) is 5.88 Å². The first-order valence-corrected chi connectivity index (χ1v) is 6.90. The fraction of sp³-hybridized carbons (Fsp3) is 0.500. The molecular formula is C14H17ClF3NO. The van der Waals surface area contributed by atoms with Crippen LogP contribution in [0, 0.1) is 0 Å². The monoisotopic (exact) mass is 307 g/mol. The number of hydrogen-bond donors (Lipinski definition) is 1. The van der Waals surface area contributed by atoms with Crippen molar-refractivity contribution in [1.29, 1.82) is 0 Å². The number of hydrogen-bond acceptors (Lipinski definition) is 1. The number of alkyl halides is 4. The van der Waals surface area contributed by atoms with E-state index in [-0.39, 0.29) is 11.9 Å². The van der Waals surface area contributed by atoms with Crippen LogP contribution in [0.1, 0.15) is 43.4 Å². The number of carbonyl (C=O) groups is 1. The highest BCUT2D eigenvalue weighted by Crippen LogP contribution is 2.29. The minimum atomic E-state index is -4.34. The van der Waals surface area contributed by atoms with Crippen molar-refractivity contribution in [1.82, 2.24) is 5.32 Å². The zero-order valence-corrected chi connectivity index (χ0v) is 11.9. The van der Waals surface area contributed by atoms with Gasteiger partial charge < -0.3 is 5.32 Å². The molecule has 0 spiro atoms. The van der Waals surface area contributed by atoms with Crippen LogP contribution in [0.25, 0.3) is 0 Å². The number of rotatable bonds is 6. The van der Waals surface area contributed by atoms with Crippen LogP contribution in [0.2, 0.25) is 0 Å². The van der Waals surface area contributed by atoms with E-state index in [0.29, 0.717) is 24.3 Å². The summed E-state index contributed by atoms with van der Waals surface area (Å²) in [6.45, 7) is 1.74. The molecule has 1 amide bonds. The molecule has 1 atom stereocenters. The minimum Gasteiger partial charge on any atom is -0.350 e. The van der Waals surface area contributed by atoms with Crippen LogP contribution < -0.4 is 5.32 Å². The van der Waals surface area contributed by atoms with Crippen LogP contribution >= 0.6 is 11.6 Å². The van der Waals surface area contributed by atoms with E-state index in [2.05, 4.69) is 5.32 Å². The average Bonchev–Trinajstić information content (AvgIpc) is 2.38. The van der Waals surface area contributed by atoms with E-state index in [1.807, 2.05) is 0 Å². The largest absolute Gasteiger partial charge is 0.416 e. The lowest BCUT2D eigenvalue weighted by molar-refractivity contribution is -0.137. The van der Waals surface area contributed by atoms with Gasteiger partial charge in [-0.25, -0.2) is 0 Å². The third-order valence-corrected chi connectivity index (χ3v) is 3.17. The van der Waals surface area contributed by atoms with E-state index in [4.69, 9.17) is 11.6 Å². The summed E-state index contributed by atoms with van der Waals surface area (Å²) in [5, 5.41) is 2.75. The molecule has 2 nitrogen and oxygen atoms in total. The van der Waals surface area contributed by atoms with Crippen LogP contribution in [-0.4, -0.2) is 11.8 Å². The first kappa shape index (κ1) is 16.8. The van der Waals surface area contributed by atoms with Crippen LogP contribution in [0.15, 0.2) is 24.3 Å². The maximum atomic E-state index is 12.4. The van der Waals surface area contributed by atoms with Gasteiger partial charge in [0.1, 0.15) is 0 Å². The summed E-state index contributed by atoms with van der Waals surface area (Å²) in [7, 11) is 0. The van der Waals surface area contributed by atoms with Gasteiger partial charge in [-0.05, 0) is 37.5 Å². The molecule has 0 aliphatic carbocycles. The predicted octanol–water partition coefficient (Wildman–Crippen LogP) is 4.29. The van der Waals surface area contributed by atoms with Gasteiger partial charge in [-0.15, -0.1) is 11.6 Å². The maximum Gasteiger partial charge on any atom is 0.416 e. The fourth-order valence-corrected chi connectivity index (χ4v) is 1.93. The van der Waals surface area contributed by atoms with E-state index in [1.165, 1.54) is 12.1 Å². The Bertz CT molecular complexity index is 431. The standard InChI is InChI=1S/C14H17ClF3NO/c1-10(19-13(20)4-2-3-9-15)11-5-7-12(8-6-11)14(16,17)18/h5-8,10H,2-4,9H2,1H3,(H,19,20). The van der Waals surface area contributed by atoms with Gasteiger partial charge in [0.2, 0.25) is 5.91 Å². The van der Waals surface area contributed by atoms with Crippen LogP contribution in [0.5, 0.6) is 0 Å². The normalized spacial score (nSPS) is 13.1. The average molecular weight is 308 g/mol. The summed E-state index contributed by atoms with van der Waals surface area (Å²) in [6, 6.07) is 4.48. The highest BCUT2D eigenvalue weighted by atomic mass is 35.5. The Balaban J connectivity index is 2.55. The van der Waals surface area contributed by atoms with Crippen molar-refractivity contribution in [3.8, 4) is 0 Å². The lowest BCUT2D eigenvalue weighted by Crippen LogP contribution is -2.26. The maximum absolute atomic E-state index is 12.4. The number of unbranched alkanes of at least 4 members (excludes halogenated alkanes) is 1. The van der Waals surface area contributed by atoms with Crippen molar-refractivity contribution < 1.29 is 18.0 Å². The molecule has 0 aliphatic heterocycles. The topological polar surface area (TPSA) is 29.1 Å². The van der Waals surface area contributed by atoms with Gasteiger partial charge in [0, 0.05) is 12.3 Å². The molecule has 0 saturated heterocycles. The molecule has 1 N–H and O–H groups in total. The molecule has 1 unspecified atom stereocenters. The molecule has 0 saturated carbocycles. The third-order valence-electron chi connectivity index (χ3n) is 2.90. The van der Waals surface area contributed by atoms with Gasteiger partial charge in [0.25, 0.3) is 0 Å². The number of amides is 1. The summed E-state index contributed by atoms with van der Waals surface area (Å²) < 4.78 is 37.3. The molecule has 6 heteroatoms. The predicted molar refractivity (Wildman–Crippen MR) is 72.6 cm³/mol. The number of nitrogens with one attached hydrogen (secondary N) is 1. The first-order valence-electron chi connectivity index (χ1n) is 6.37. The summed E-state index contributed by atoms with van der Waals surface area (Å²) in [5.74, 6) is 0.393. The zero-order valence-electron chi connectivity index (χ0n) is 11.1. The second kappa shape index (κ2) is 7.53. The Kier molecular flexibility index (Phi) is 6.33. The molecule has 1 aromatic rings. The van der Waals surface area contributed by atoms with Gasteiger partial charge >= 0.3 is 6.18 Å². The molecule has 0 aromatic heterocycles. The number of benzene rings is 1. The highest BCUT2D eigenvalue weighted by molar-refractivity contribution is 6.17. The van der Waals surface area contributed by atoms with Crippen LogP contribution in [0.4, 0.5) is 13.2 Å². The van der Waals surface area contributed by atoms with Gasteiger partial charge in [0.15, 0.2) is 0 Å². The van der Waals surface area contributed by atoms with E-state index >= 15 is 0 Å². The van der Waals surface area contributed by atoms with E-state index < -0.39 is 11.7 Å². The lowest BCUT2D eigenvalue weighted by atomic mass is 10.1. The Morgan fingerprint density at radius 1 is 1.25 bits per heavy atom. The Hall–Kier alpha value is -1.23.